The molecule has 1 amide bonds. The van der Waals surface area contributed by atoms with E-state index in [0.717, 1.165) is 6.42 Å². The molecule has 1 aliphatic rings. The van der Waals surface area contributed by atoms with Gasteiger partial charge in [0, 0.05) is 13.6 Å². The minimum Gasteiger partial charge on any atom is -0.481 e. The minimum atomic E-state index is -0.824. The number of carboxylic acids is 1. The molecule has 0 spiro atoms. The lowest BCUT2D eigenvalue weighted by molar-refractivity contribution is -0.148. The van der Waals surface area contributed by atoms with E-state index >= 15 is 0 Å². The van der Waals surface area contributed by atoms with Crippen molar-refractivity contribution >= 4 is 11.9 Å². The van der Waals surface area contributed by atoms with E-state index in [1.807, 2.05) is 6.92 Å². The minimum absolute atomic E-state index is 0.00685. The van der Waals surface area contributed by atoms with Gasteiger partial charge in [-0.3, -0.25) is 9.59 Å². The molecule has 1 fully saturated rings. The molecule has 4 heteroatoms. The second-order valence-corrected chi connectivity index (χ2v) is 6.07. The predicted molar refractivity (Wildman–Crippen MR) is 70.1 cm³/mol. The fourth-order valence-corrected chi connectivity index (χ4v) is 2.68. The van der Waals surface area contributed by atoms with Gasteiger partial charge in [-0.05, 0) is 31.1 Å². The van der Waals surface area contributed by atoms with Crippen LogP contribution in [0.2, 0.25) is 0 Å². The Morgan fingerprint density at radius 2 is 1.83 bits per heavy atom. The summed E-state index contributed by atoms with van der Waals surface area (Å²) in [5.41, 5.74) is 0. The predicted octanol–water partition coefficient (Wildman–Crippen LogP) is 2.24. The monoisotopic (exact) mass is 255 g/mol. The molecule has 1 rings (SSSR count). The fourth-order valence-electron chi connectivity index (χ4n) is 2.68. The Morgan fingerprint density at radius 1 is 1.28 bits per heavy atom. The van der Waals surface area contributed by atoms with E-state index in [-0.39, 0.29) is 11.8 Å². The van der Waals surface area contributed by atoms with Crippen molar-refractivity contribution < 1.29 is 14.7 Å². The molecule has 3 atom stereocenters. The van der Waals surface area contributed by atoms with Crippen molar-refractivity contribution in [2.45, 2.75) is 40.0 Å². The van der Waals surface area contributed by atoms with Crippen molar-refractivity contribution in [1.82, 2.24) is 4.90 Å². The molecule has 0 aliphatic heterocycles. The van der Waals surface area contributed by atoms with Crippen LogP contribution in [0.15, 0.2) is 0 Å². The van der Waals surface area contributed by atoms with Gasteiger partial charge in [-0.2, -0.15) is 0 Å². The van der Waals surface area contributed by atoms with Crippen LogP contribution in [-0.4, -0.2) is 35.5 Å². The number of carbonyl (C=O) groups excluding carboxylic acids is 1. The smallest absolute Gasteiger partial charge is 0.307 e. The third-order valence-electron chi connectivity index (χ3n) is 3.85. The summed E-state index contributed by atoms with van der Waals surface area (Å²) in [7, 11) is 1.78. The standard InChI is InChI=1S/C14H25NO3/c1-9(2)5-6-15(4)13(16)11-7-10(3)8-12(11)14(17)18/h9-12H,5-8H2,1-4H3,(H,17,18)/t10?,11-,12+/m0/s1. The van der Waals surface area contributed by atoms with Crippen molar-refractivity contribution in [2.75, 3.05) is 13.6 Å². The molecule has 18 heavy (non-hydrogen) atoms. The van der Waals surface area contributed by atoms with E-state index in [4.69, 9.17) is 0 Å². The van der Waals surface area contributed by atoms with E-state index in [1.54, 1.807) is 11.9 Å². The van der Waals surface area contributed by atoms with Crippen molar-refractivity contribution in [3.8, 4) is 0 Å². The molecular formula is C14H25NO3. The maximum atomic E-state index is 12.3. The molecule has 0 bridgehead atoms. The summed E-state index contributed by atoms with van der Waals surface area (Å²) in [6.45, 7) is 6.98. The summed E-state index contributed by atoms with van der Waals surface area (Å²) in [5, 5.41) is 9.18. The van der Waals surface area contributed by atoms with E-state index in [9.17, 15) is 14.7 Å². The summed E-state index contributed by atoms with van der Waals surface area (Å²) in [4.78, 5) is 25.2. The van der Waals surface area contributed by atoms with E-state index < -0.39 is 11.9 Å². The average Bonchev–Trinajstić information content (AvgIpc) is 2.67. The lowest BCUT2D eigenvalue weighted by atomic mass is 9.94. The number of hydrogen-bond donors (Lipinski definition) is 1. The number of amides is 1. The highest BCUT2D eigenvalue weighted by molar-refractivity contribution is 5.85. The molecule has 0 heterocycles. The Hall–Kier alpha value is -1.06. The first-order valence-corrected chi connectivity index (χ1v) is 6.80. The van der Waals surface area contributed by atoms with Gasteiger partial charge in [0.2, 0.25) is 5.91 Å². The molecule has 104 valence electrons. The number of rotatable bonds is 5. The fraction of sp³-hybridized carbons (Fsp3) is 0.857. The van der Waals surface area contributed by atoms with Crippen LogP contribution < -0.4 is 0 Å². The molecule has 4 nitrogen and oxygen atoms in total. The molecular weight excluding hydrogens is 230 g/mol. The van der Waals surface area contributed by atoms with Crippen LogP contribution in [0, 0.1) is 23.7 Å². The largest absolute Gasteiger partial charge is 0.481 e. The number of carboxylic acid groups (broad SMARTS) is 1. The molecule has 0 aromatic heterocycles. The maximum absolute atomic E-state index is 12.3. The molecule has 0 radical (unpaired) electrons. The van der Waals surface area contributed by atoms with Gasteiger partial charge in [-0.15, -0.1) is 0 Å². The van der Waals surface area contributed by atoms with E-state index in [1.165, 1.54) is 0 Å². The van der Waals surface area contributed by atoms with Crippen molar-refractivity contribution in [1.29, 1.82) is 0 Å². The molecule has 0 aromatic carbocycles. The zero-order chi connectivity index (χ0) is 13.9. The van der Waals surface area contributed by atoms with Gasteiger partial charge < -0.3 is 10.0 Å². The summed E-state index contributed by atoms with van der Waals surface area (Å²) in [6.07, 6.45) is 2.30. The van der Waals surface area contributed by atoms with Gasteiger partial charge in [-0.25, -0.2) is 0 Å². The highest BCUT2D eigenvalue weighted by atomic mass is 16.4. The Kier molecular flexibility index (Phi) is 5.17. The molecule has 0 saturated heterocycles. The quantitative estimate of drug-likeness (QED) is 0.819. The van der Waals surface area contributed by atoms with Crippen LogP contribution in [0.25, 0.3) is 0 Å². The highest BCUT2D eigenvalue weighted by Gasteiger charge is 2.42. The second kappa shape index (κ2) is 6.21. The summed E-state index contributed by atoms with van der Waals surface area (Å²) in [5.74, 6) is -0.748. The zero-order valence-electron chi connectivity index (χ0n) is 11.8. The van der Waals surface area contributed by atoms with Gasteiger partial charge >= 0.3 is 5.97 Å². The Balaban J connectivity index is 2.61. The molecule has 1 aliphatic carbocycles. The van der Waals surface area contributed by atoms with Gasteiger partial charge in [-0.1, -0.05) is 20.8 Å². The summed E-state index contributed by atoms with van der Waals surface area (Å²) < 4.78 is 0. The average molecular weight is 255 g/mol. The van der Waals surface area contributed by atoms with Crippen molar-refractivity contribution in [3.05, 3.63) is 0 Å². The van der Waals surface area contributed by atoms with Crippen LogP contribution >= 0.6 is 0 Å². The van der Waals surface area contributed by atoms with Crippen molar-refractivity contribution in [3.63, 3.8) is 0 Å². The lowest BCUT2D eigenvalue weighted by Gasteiger charge is -2.24. The topological polar surface area (TPSA) is 57.6 Å². The molecule has 0 aromatic rings. The third kappa shape index (κ3) is 3.72. The zero-order valence-corrected chi connectivity index (χ0v) is 11.8. The Bertz CT molecular complexity index is 314. The van der Waals surface area contributed by atoms with Crippen LogP contribution in [0.4, 0.5) is 0 Å². The lowest BCUT2D eigenvalue weighted by Crippen LogP contribution is -2.37. The number of nitrogens with zero attached hydrogens (tertiary/aromatic N) is 1. The molecule has 1 saturated carbocycles. The summed E-state index contributed by atoms with van der Waals surface area (Å²) >= 11 is 0. The normalized spacial score (nSPS) is 27.5. The van der Waals surface area contributed by atoms with Crippen LogP contribution in [0.1, 0.15) is 40.0 Å². The second-order valence-electron chi connectivity index (χ2n) is 6.07. The maximum Gasteiger partial charge on any atom is 0.307 e. The van der Waals surface area contributed by atoms with E-state index in [0.29, 0.717) is 31.2 Å². The van der Waals surface area contributed by atoms with Gasteiger partial charge in [0.15, 0.2) is 0 Å². The van der Waals surface area contributed by atoms with Crippen molar-refractivity contribution in [2.24, 2.45) is 23.7 Å². The van der Waals surface area contributed by atoms with Crippen LogP contribution in [-0.2, 0) is 9.59 Å². The first-order chi connectivity index (χ1) is 8.32. The van der Waals surface area contributed by atoms with Crippen LogP contribution in [0.3, 0.4) is 0 Å². The highest BCUT2D eigenvalue weighted by Crippen LogP contribution is 2.37. The first kappa shape index (κ1) is 15.0. The Morgan fingerprint density at radius 3 is 2.33 bits per heavy atom. The van der Waals surface area contributed by atoms with Gasteiger partial charge in [0.05, 0.1) is 11.8 Å². The van der Waals surface area contributed by atoms with Gasteiger partial charge in [0.25, 0.3) is 0 Å². The summed E-state index contributed by atoms with van der Waals surface area (Å²) in [6, 6.07) is 0. The van der Waals surface area contributed by atoms with Crippen LogP contribution in [0.5, 0.6) is 0 Å². The Labute approximate surface area is 109 Å². The number of aliphatic carboxylic acids is 1. The number of carbonyl (C=O) groups is 2. The third-order valence-corrected chi connectivity index (χ3v) is 3.85. The molecule has 1 unspecified atom stereocenters. The number of hydrogen-bond acceptors (Lipinski definition) is 2. The first-order valence-electron chi connectivity index (χ1n) is 6.80. The molecule has 1 N–H and O–H groups in total. The SMILES string of the molecule is CC(C)CCN(C)C(=O)[C@H]1CC(C)C[C@H]1C(=O)O. The van der Waals surface area contributed by atoms with Gasteiger partial charge in [0.1, 0.15) is 0 Å². The van der Waals surface area contributed by atoms with E-state index in [2.05, 4.69) is 13.8 Å².